The first-order valence-corrected chi connectivity index (χ1v) is 12.3. The van der Waals surface area contributed by atoms with Gasteiger partial charge in [-0.25, -0.2) is 4.39 Å². The number of unbranched alkanes of at least 4 members (excludes halogenated alkanes) is 1. The Kier molecular flexibility index (Phi) is 6.52. The van der Waals surface area contributed by atoms with E-state index in [1.165, 1.54) is 6.20 Å². The van der Waals surface area contributed by atoms with Crippen LogP contribution in [0.2, 0.25) is 0 Å². The molecule has 8 nitrogen and oxygen atoms in total. The Hall–Kier alpha value is -4.40. The van der Waals surface area contributed by atoms with Crippen molar-refractivity contribution in [1.29, 1.82) is 0 Å². The predicted octanol–water partition coefficient (Wildman–Crippen LogP) is 4.55. The van der Waals surface area contributed by atoms with E-state index in [0.717, 1.165) is 36.1 Å². The number of aromatic nitrogens is 1. The fourth-order valence-corrected chi connectivity index (χ4v) is 4.72. The highest BCUT2D eigenvalue weighted by Crippen LogP contribution is 2.46. The average Bonchev–Trinajstić information content (AvgIpc) is 2.89. The molecular weight excluding hydrogens is 475 g/mol. The third-order valence-corrected chi connectivity index (χ3v) is 6.63. The number of hydrogen-bond acceptors (Lipinski definition) is 5. The van der Waals surface area contributed by atoms with E-state index in [1.807, 2.05) is 36.4 Å². The van der Waals surface area contributed by atoms with Crippen LogP contribution < -0.4 is 21.2 Å². The number of nitrogens with one attached hydrogen (secondary N) is 1. The number of rotatable bonds is 10. The number of anilines is 1. The highest BCUT2D eigenvalue weighted by atomic mass is 19.1. The molecular formula is C28H27FN4O4. The molecule has 1 aliphatic rings. The Bertz CT molecular complexity index is 1600. The number of primary amides is 1. The zero-order chi connectivity index (χ0) is 26.1. The summed E-state index contributed by atoms with van der Waals surface area (Å²) >= 11 is 0. The van der Waals surface area contributed by atoms with Gasteiger partial charge in [-0.1, -0.05) is 37.6 Å². The molecule has 0 bridgehead atoms. The molecule has 0 saturated carbocycles. The van der Waals surface area contributed by atoms with Crippen molar-refractivity contribution in [3.05, 3.63) is 70.3 Å². The number of benzene rings is 3. The number of nitrogens with two attached hydrogens (primary N) is 1. The van der Waals surface area contributed by atoms with Gasteiger partial charge in [-0.3, -0.25) is 14.4 Å². The second-order valence-electron chi connectivity index (χ2n) is 9.11. The highest BCUT2D eigenvalue weighted by molar-refractivity contribution is 6.01. The topological polar surface area (TPSA) is 107 Å². The van der Waals surface area contributed by atoms with E-state index in [-0.39, 0.29) is 22.4 Å². The Morgan fingerprint density at radius 2 is 1.89 bits per heavy atom. The number of nitrogens with zero attached hydrogens (tertiary/aromatic N) is 2. The summed E-state index contributed by atoms with van der Waals surface area (Å²) in [6, 6.07) is 12.5. The first kappa shape index (κ1) is 24.3. The van der Waals surface area contributed by atoms with Crippen molar-refractivity contribution in [3.63, 3.8) is 0 Å². The summed E-state index contributed by atoms with van der Waals surface area (Å²) < 4.78 is 23.3. The Balaban J connectivity index is 1.60. The van der Waals surface area contributed by atoms with Crippen LogP contribution in [-0.4, -0.2) is 41.4 Å². The molecule has 2 amide bonds. The van der Waals surface area contributed by atoms with Crippen LogP contribution in [0.5, 0.6) is 11.5 Å². The first-order chi connectivity index (χ1) is 17.9. The molecule has 1 aliphatic heterocycles. The Morgan fingerprint density at radius 3 is 2.59 bits per heavy atom. The molecule has 0 fully saturated rings. The van der Waals surface area contributed by atoms with Gasteiger partial charge in [-0.2, -0.15) is 0 Å². The van der Waals surface area contributed by atoms with Crippen molar-refractivity contribution in [2.75, 3.05) is 25.0 Å². The molecule has 0 aliphatic carbocycles. The number of pyridine rings is 1. The number of fused-ring (bicyclic) bond motifs is 3. The number of ether oxygens (including phenoxy) is 1. The monoisotopic (exact) mass is 502 g/mol. The van der Waals surface area contributed by atoms with E-state index < -0.39 is 17.2 Å². The Labute approximate surface area is 212 Å². The van der Waals surface area contributed by atoms with E-state index in [9.17, 15) is 14.4 Å². The molecule has 5 rings (SSSR count). The quantitative estimate of drug-likeness (QED) is 0.215. The van der Waals surface area contributed by atoms with Gasteiger partial charge in [-0.05, 0) is 41.8 Å². The largest absolute Gasteiger partial charge is 0.451 e. The minimum Gasteiger partial charge on any atom is -0.451 e. The minimum atomic E-state index is -0.892. The minimum absolute atomic E-state index is 0.000135. The van der Waals surface area contributed by atoms with Crippen molar-refractivity contribution in [2.45, 2.75) is 26.2 Å². The van der Waals surface area contributed by atoms with Gasteiger partial charge < -0.3 is 25.3 Å². The Morgan fingerprint density at radius 1 is 1.16 bits per heavy atom. The molecule has 2 heterocycles. The van der Waals surface area contributed by atoms with Gasteiger partial charge in [0.15, 0.2) is 17.3 Å². The van der Waals surface area contributed by atoms with Crippen molar-refractivity contribution in [1.82, 2.24) is 9.47 Å². The average molecular weight is 503 g/mol. The first-order valence-electron chi connectivity index (χ1n) is 12.3. The smallest absolute Gasteiger partial charge is 0.254 e. The zero-order valence-corrected chi connectivity index (χ0v) is 20.4. The normalized spacial score (nSPS) is 11.7. The second kappa shape index (κ2) is 9.93. The number of halogens is 1. The SMILES string of the molecule is CCCCN(C=O)CCCNc1c(F)cc2c(=O)c(C(N)=O)cn3c2c1Oc1cc2ccccc2cc1-3. The molecule has 4 aromatic rings. The highest BCUT2D eigenvalue weighted by Gasteiger charge is 2.28. The molecule has 9 heteroatoms. The van der Waals surface area contributed by atoms with Gasteiger partial charge in [0.2, 0.25) is 11.8 Å². The van der Waals surface area contributed by atoms with Crippen molar-refractivity contribution < 1.29 is 18.7 Å². The third-order valence-electron chi connectivity index (χ3n) is 6.63. The number of hydrogen-bond donors (Lipinski definition) is 2. The molecule has 37 heavy (non-hydrogen) atoms. The summed E-state index contributed by atoms with van der Waals surface area (Å²) in [7, 11) is 0. The summed E-state index contributed by atoms with van der Waals surface area (Å²) in [5.74, 6) is -0.970. The van der Waals surface area contributed by atoms with E-state index >= 15 is 4.39 Å². The molecule has 0 saturated heterocycles. The maximum atomic E-state index is 15.4. The second-order valence-corrected chi connectivity index (χ2v) is 9.11. The summed E-state index contributed by atoms with van der Waals surface area (Å²) in [5.41, 5.74) is 5.66. The van der Waals surface area contributed by atoms with Crippen LogP contribution in [0.15, 0.2) is 53.5 Å². The predicted molar refractivity (Wildman–Crippen MR) is 141 cm³/mol. The van der Waals surface area contributed by atoms with E-state index in [2.05, 4.69) is 12.2 Å². The summed E-state index contributed by atoms with van der Waals surface area (Å²) in [5, 5.41) is 4.95. The summed E-state index contributed by atoms with van der Waals surface area (Å²) in [4.78, 5) is 38.1. The fourth-order valence-electron chi connectivity index (χ4n) is 4.72. The van der Waals surface area contributed by atoms with Gasteiger partial charge in [0, 0.05) is 25.8 Å². The van der Waals surface area contributed by atoms with Crippen LogP contribution in [0, 0.1) is 5.82 Å². The standard InChI is InChI=1S/C28H27FN4O4/c1-2-3-10-32(16-34)11-6-9-31-24-21(29)14-19-25-27(24)37-23-13-18-8-5-4-7-17(18)12-22(23)33(25)15-20(26(19)35)28(30)36/h4-5,7-8,12-16,31H,2-3,6,9-11H2,1H3,(H2,30,36). The lowest BCUT2D eigenvalue weighted by molar-refractivity contribution is -0.118. The maximum Gasteiger partial charge on any atom is 0.254 e. The van der Waals surface area contributed by atoms with Gasteiger partial charge in [-0.15, -0.1) is 0 Å². The van der Waals surface area contributed by atoms with Crippen molar-refractivity contribution in [3.8, 4) is 17.2 Å². The van der Waals surface area contributed by atoms with Crippen LogP contribution >= 0.6 is 0 Å². The summed E-state index contributed by atoms with van der Waals surface area (Å²) in [6.07, 6.45) is 4.72. The molecule has 0 radical (unpaired) electrons. The van der Waals surface area contributed by atoms with E-state index in [4.69, 9.17) is 10.5 Å². The van der Waals surface area contributed by atoms with Crippen LogP contribution in [-0.2, 0) is 4.79 Å². The number of carbonyl (C=O) groups excluding carboxylic acids is 2. The van der Waals surface area contributed by atoms with Gasteiger partial charge in [0.1, 0.15) is 16.8 Å². The van der Waals surface area contributed by atoms with Crippen molar-refractivity contribution in [2.24, 2.45) is 5.73 Å². The molecule has 0 spiro atoms. The summed E-state index contributed by atoms with van der Waals surface area (Å²) in [6.45, 7) is 3.65. The lowest BCUT2D eigenvalue weighted by Gasteiger charge is -2.26. The lowest BCUT2D eigenvalue weighted by Crippen LogP contribution is -2.26. The number of amides is 2. The van der Waals surface area contributed by atoms with E-state index in [0.29, 0.717) is 43.0 Å². The molecule has 3 N–H and O–H groups in total. The number of carbonyl (C=O) groups is 2. The van der Waals surface area contributed by atoms with Gasteiger partial charge in [0.25, 0.3) is 5.91 Å². The molecule has 0 atom stereocenters. The van der Waals surface area contributed by atoms with Crippen LogP contribution in [0.1, 0.15) is 36.5 Å². The van der Waals surface area contributed by atoms with Gasteiger partial charge in [0.05, 0.1) is 11.1 Å². The van der Waals surface area contributed by atoms with Crippen molar-refractivity contribution >= 4 is 39.7 Å². The maximum absolute atomic E-state index is 15.4. The van der Waals surface area contributed by atoms with Crippen LogP contribution in [0.3, 0.4) is 0 Å². The molecule has 3 aromatic carbocycles. The third kappa shape index (κ3) is 4.37. The molecule has 1 aromatic heterocycles. The molecule has 190 valence electrons. The van der Waals surface area contributed by atoms with E-state index in [1.54, 1.807) is 9.47 Å². The fraction of sp³-hybridized carbons (Fsp3) is 0.250. The lowest BCUT2D eigenvalue weighted by atomic mass is 10.0. The molecule has 0 unspecified atom stereocenters. The van der Waals surface area contributed by atoms with Gasteiger partial charge >= 0.3 is 0 Å². The zero-order valence-electron chi connectivity index (χ0n) is 20.4. The van der Waals surface area contributed by atoms with Crippen LogP contribution in [0.4, 0.5) is 10.1 Å². The van der Waals surface area contributed by atoms with Crippen LogP contribution in [0.25, 0.3) is 27.4 Å².